The van der Waals surface area contributed by atoms with Crippen LogP contribution in [0.1, 0.15) is 12.8 Å². The molecule has 1 aliphatic rings. The van der Waals surface area contributed by atoms with E-state index in [9.17, 15) is 0 Å². The maximum absolute atomic E-state index is 5.25. The molecule has 1 aliphatic heterocycles. The molecule has 0 unspecified atom stereocenters. The summed E-state index contributed by atoms with van der Waals surface area (Å²) in [5.41, 5.74) is 5.25. The molecule has 0 aromatic carbocycles. The third-order valence-corrected chi connectivity index (χ3v) is 1.13. The zero-order valence-corrected chi connectivity index (χ0v) is 4.39. The monoisotopic (exact) mass is 101 g/mol. The zero-order valence-electron chi connectivity index (χ0n) is 4.39. The number of rotatable bonds is 3. The quantitative estimate of drug-likeness (QED) is 0.513. The van der Waals surface area contributed by atoms with Crippen LogP contribution in [0.15, 0.2) is 0 Å². The Bertz CT molecular complexity index is 52.0. The summed E-state index contributed by atoms with van der Waals surface area (Å²) in [6.07, 6.45) is 2.85. The van der Waals surface area contributed by atoms with Crippen LogP contribution in [0, 0.1) is 0 Å². The van der Waals surface area contributed by atoms with E-state index in [-0.39, 0.29) is 0 Å². The molecule has 2 nitrogen and oxygen atoms in total. The maximum Gasteiger partial charge on any atom is 0.0810 e. The van der Waals surface area contributed by atoms with Gasteiger partial charge in [0.05, 0.1) is 12.7 Å². The van der Waals surface area contributed by atoms with Crippen molar-refractivity contribution in [2.45, 2.75) is 18.9 Å². The predicted octanol–water partition coefficient (Wildman–Crippen LogP) is 0.124. The molecule has 0 bridgehead atoms. The average molecular weight is 101 g/mol. The standard InChI is InChI=1S/C5H11NO/c6-3-1-2-5-4-7-5/h5H,1-4,6H2/t5-/m0/s1. The van der Waals surface area contributed by atoms with Gasteiger partial charge in [-0.25, -0.2) is 0 Å². The Hall–Kier alpha value is -0.0800. The molecule has 0 aromatic rings. The van der Waals surface area contributed by atoms with Crippen molar-refractivity contribution in [3.8, 4) is 0 Å². The molecule has 0 amide bonds. The first-order valence-corrected chi connectivity index (χ1v) is 2.75. The van der Waals surface area contributed by atoms with Gasteiger partial charge in [0.2, 0.25) is 0 Å². The first kappa shape index (κ1) is 5.06. The summed E-state index contributed by atoms with van der Waals surface area (Å²) >= 11 is 0. The highest BCUT2D eigenvalue weighted by molar-refractivity contribution is 4.67. The second-order valence-corrected chi connectivity index (χ2v) is 1.89. The van der Waals surface area contributed by atoms with Gasteiger partial charge in [0, 0.05) is 0 Å². The fraction of sp³-hybridized carbons (Fsp3) is 1.00. The van der Waals surface area contributed by atoms with E-state index in [1.54, 1.807) is 0 Å². The normalized spacial score (nSPS) is 27.9. The van der Waals surface area contributed by atoms with E-state index in [1.165, 1.54) is 0 Å². The highest BCUT2D eigenvalue weighted by Gasteiger charge is 2.20. The first-order valence-electron chi connectivity index (χ1n) is 2.75. The van der Waals surface area contributed by atoms with Gasteiger partial charge in [-0.2, -0.15) is 0 Å². The van der Waals surface area contributed by atoms with E-state index in [0.717, 1.165) is 26.0 Å². The summed E-state index contributed by atoms with van der Waals surface area (Å²) in [6.45, 7) is 1.78. The van der Waals surface area contributed by atoms with Crippen molar-refractivity contribution >= 4 is 0 Å². The Morgan fingerprint density at radius 3 is 2.86 bits per heavy atom. The van der Waals surface area contributed by atoms with Crippen LogP contribution in [0.3, 0.4) is 0 Å². The molecular weight excluding hydrogens is 90.1 g/mol. The van der Waals surface area contributed by atoms with E-state index >= 15 is 0 Å². The molecule has 1 atom stereocenters. The van der Waals surface area contributed by atoms with Crippen LogP contribution in [0.4, 0.5) is 0 Å². The molecule has 0 spiro atoms. The first-order chi connectivity index (χ1) is 3.43. The minimum Gasteiger partial charge on any atom is -0.373 e. The van der Waals surface area contributed by atoms with Gasteiger partial charge in [0.15, 0.2) is 0 Å². The fourth-order valence-electron chi connectivity index (χ4n) is 0.580. The molecule has 0 saturated carbocycles. The fourth-order valence-corrected chi connectivity index (χ4v) is 0.580. The molecule has 2 N–H and O–H groups in total. The van der Waals surface area contributed by atoms with Crippen LogP contribution < -0.4 is 5.73 Å². The lowest BCUT2D eigenvalue weighted by molar-refractivity contribution is 0.393. The lowest BCUT2D eigenvalue weighted by Gasteiger charge is -1.86. The van der Waals surface area contributed by atoms with Crippen LogP contribution in [0.25, 0.3) is 0 Å². The Morgan fingerprint density at radius 2 is 2.43 bits per heavy atom. The van der Waals surface area contributed by atoms with Gasteiger partial charge in [-0.1, -0.05) is 0 Å². The largest absolute Gasteiger partial charge is 0.373 e. The summed E-state index contributed by atoms with van der Waals surface area (Å²) < 4.78 is 4.96. The molecule has 2 heteroatoms. The summed E-state index contributed by atoms with van der Waals surface area (Å²) in [6, 6.07) is 0. The lowest BCUT2D eigenvalue weighted by Crippen LogP contribution is -1.99. The van der Waals surface area contributed by atoms with Crippen molar-refractivity contribution in [3.63, 3.8) is 0 Å². The molecular formula is C5H11NO. The Morgan fingerprint density at radius 1 is 1.71 bits per heavy atom. The summed E-state index contributed by atoms with van der Waals surface area (Å²) in [4.78, 5) is 0. The van der Waals surface area contributed by atoms with Crippen LogP contribution in [-0.2, 0) is 4.74 Å². The number of hydrogen-bond donors (Lipinski definition) is 1. The van der Waals surface area contributed by atoms with Crippen molar-refractivity contribution in [1.29, 1.82) is 0 Å². The van der Waals surface area contributed by atoms with Crippen molar-refractivity contribution in [2.75, 3.05) is 13.2 Å². The van der Waals surface area contributed by atoms with Gasteiger partial charge in [0.1, 0.15) is 0 Å². The Labute approximate surface area is 43.6 Å². The summed E-state index contributed by atoms with van der Waals surface area (Å²) in [7, 11) is 0. The van der Waals surface area contributed by atoms with Crippen LogP contribution in [-0.4, -0.2) is 19.3 Å². The van der Waals surface area contributed by atoms with Gasteiger partial charge in [-0.15, -0.1) is 0 Å². The summed E-state index contributed by atoms with van der Waals surface area (Å²) in [5, 5.41) is 0. The molecule has 42 valence electrons. The topological polar surface area (TPSA) is 38.5 Å². The average Bonchev–Trinajstić information content (AvgIpc) is 2.42. The lowest BCUT2D eigenvalue weighted by atomic mass is 10.2. The van der Waals surface area contributed by atoms with Crippen molar-refractivity contribution in [3.05, 3.63) is 0 Å². The predicted molar refractivity (Wildman–Crippen MR) is 28.0 cm³/mol. The van der Waals surface area contributed by atoms with Gasteiger partial charge in [-0.3, -0.25) is 0 Å². The van der Waals surface area contributed by atoms with Gasteiger partial charge < -0.3 is 10.5 Å². The van der Waals surface area contributed by atoms with E-state index in [2.05, 4.69) is 0 Å². The van der Waals surface area contributed by atoms with Gasteiger partial charge in [0.25, 0.3) is 0 Å². The van der Waals surface area contributed by atoms with Crippen LogP contribution >= 0.6 is 0 Å². The number of epoxide rings is 1. The van der Waals surface area contributed by atoms with E-state index in [0.29, 0.717) is 6.10 Å². The number of hydrogen-bond acceptors (Lipinski definition) is 2. The molecule has 0 radical (unpaired) electrons. The van der Waals surface area contributed by atoms with Crippen LogP contribution in [0.5, 0.6) is 0 Å². The zero-order chi connectivity index (χ0) is 5.11. The van der Waals surface area contributed by atoms with Crippen molar-refractivity contribution < 1.29 is 4.74 Å². The molecule has 1 heterocycles. The highest BCUT2D eigenvalue weighted by Crippen LogP contribution is 2.13. The third kappa shape index (κ3) is 1.90. The smallest absolute Gasteiger partial charge is 0.0810 e. The Balaban J connectivity index is 1.80. The highest BCUT2D eigenvalue weighted by atomic mass is 16.6. The van der Waals surface area contributed by atoms with Gasteiger partial charge in [-0.05, 0) is 19.4 Å². The minimum atomic E-state index is 0.573. The Kier molecular flexibility index (Phi) is 1.65. The molecule has 1 saturated heterocycles. The van der Waals surface area contributed by atoms with Gasteiger partial charge >= 0.3 is 0 Å². The minimum absolute atomic E-state index is 0.573. The molecule has 0 aromatic heterocycles. The second-order valence-electron chi connectivity index (χ2n) is 1.89. The number of nitrogens with two attached hydrogens (primary N) is 1. The van der Waals surface area contributed by atoms with Crippen molar-refractivity contribution in [2.24, 2.45) is 5.73 Å². The SMILES string of the molecule is NCCC[C@H]1CO1. The maximum atomic E-state index is 5.25. The van der Waals surface area contributed by atoms with Crippen LogP contribution in [0.2, 0.25) is 0 Å². The van der Waals surface area contributed by atoms with E-state index < -0.39 is 0 Å². The van der Waals surface area contributed by atoms with Crippen molar-refractivity contribution in [1.82, 2.24) is 0 Å². The summed E-state index contributed by atoms with van der Waals surface area (Å²) in [5.74, 6) is 0. The second kappa shape index (κ2) is 2.28. The molecule has 1 rings (SSSR count). The molecule has 0 aliphatic carbocycles. The molecule has 1 fully saturated rings. The molecule has 7 heavy (non-hydrogen) atoms. The van der Waals surface area contributed by atoms with E-state index in [1.807, 2.05) is 0 Å². The third-order valence-electron chi connectivity index (χ3n) is 1.13. The van der Waals surface area contributed by atoms with E-state index in [4.69, 9.17) is 10.5 Å². The number of ether oxygens (including phenoxy) is 1.